The standard InChI is InChI=1S/C21H15BrFN3O5/c1-11(20(28)25-15-7-6-12(22)8-14(15)23)30-17(27)9-26-10-24-18-13-4-2-3-5-16(13)31-19(18)21(26)29/h2-8,10-11H,9H2,1H3,(H,25,28). The Morgan fingerprint density at radius 1 is 1.29 bits per heavy atom. The minimum Gasteiger partial charge on any atom is -0.451 e. The zero-order chi connectivity index (χ0) is 22.1. The summed E-state index contributed by atoms with van der Waals surface area (Å²) in [4.78, 5) is 41.3. The molecule has 2 aromatic carbocycles. The van der Waals surface area contributed by atoms with Crippen LogP contribution in [-0.2, 0) is 20.9 Å². The van der Waals surface area contributed by atoms with E-state index in [1.54, 1.807) is 30.3 Å². The zero-order valence-electron chi connectivity index (χ0n) is 16.1. The van der Waals surface area contributed by atoms with Gasteiger partial charge in [0.15, 0.2) is 6.10 Å². The smallest absolute Gasteiger partial charge is 0.326 e. The highest BCUT2D eigenvalue weighted by Crippen LogP contribution is 2.24. The second kappa shape index (κ2) is 8.31. The molecule has 1 atom stereocenters. The maximum absolute atomic E-state index is 13.9. The molecule has 2 aromatic heterocycles. The number of carbonyl (C=O) groups is 2. The van der Waals surface area contributed by atoms with Gasteiger partial charge in [0.25, 0.3) is 11.5 Å². The first-order chi connectivity index (χ1) is 14.8. The molecule has 0 bridgehead atoms. The van der Waals surface area contributed by atoms with E-state index < -0.39 is 35.9 Å². The van der Waals surface area contributed by atoms with Gasteiger partial charge in [0.05, 0.1) is 12.0 Å². The molecule has 0 aliphatic rings. The number of aromatic nitrogens is 2. The minimum atomic E-state index is -1.21. The van der Waals surface area contributed by atoms with E-state index in [0.717, 1.165) is 4.57 Å². The first-order valence-corrected chi connectivity index (χ1v) is 9.95. The molecule has 4 rings (SSSR count). The number of nitrogens with zero attached hydrogens (tertiary/aromatic N) is 2. The summed E-state index contributed by atoms with van der Waals surface area (Å²) in [6.07, 6.45) is 0.00433. The summed E-state index contributed by atoms with van der Waals surface area (Å²) in [5.74, 6) is -2.19. The van der Waals surface area contributed by atoms with Gasteiger partial charge < -0.3 is 14.5 Å². The number of ether oxygens (including phenoxy) is 1. The van der Waals surface area contributed by atoms with Gasteiger partial charge in [-0.1, -0.05) is 28.1 Å². The number of carbonyl (C=O) groups excluding carboxylic acids is 2. The first-order valence-electron chi connectivity index (χ1n) is 9.15. The Balaban J connectivity index is 1.46. The number of nitrogens with one attached hydrogen (secondary N) is 1. The van der Waals surface area contributed by atoms with Crippen molar-refractivity contribution >= 4 is 55.6 Å². The van der Waals surface area contributed by atoms with Crippen molar-refractivity contribution in [2.75, 3.05) is 5.32 Å². The molecule has 0 radical (unpaired) electrons. The number of halogens is 2. The second-order valence-electron chi connectivity index (χ2n) is 6.70. The summed E-state index contributed by atoms with van der Waals surface area (Å²) in [6.45, 7) is 0.872. The number of amides is 1. The molecule has 4 aromatic rings. The van der Waals surface area contributed by atoms with Gasteiger partial charge >= 0.3 is 5.97 Å². The van der Waals surface area contributed by atoms with E-state index >= 15 is 0 Å². The maximum Gasteiger partial charge on any atom is 0.326 e. The van der Waals surface area contributed by atoms with E-state index in [9.17, 15) is 18.8 Å². The fourth-order valence-electron chi connectivity index (χ4n) is 2.98. The van der Waals surface area contributed by atoms with Gasteiger partial charge in [0.2, 0.25) is 5.58 Å². The topological polar surface area (TPSA) is 103 Å². The van der Waals surface area contributed by atoms with Crippen LogP contribution < -0.4 is 10.9 Å². The average Bonchev–Trinajstić information content (AvgIpc) is 3.11. The third-order valence-corrected chi connectivity index (χ3v) is 5.01. The van der Waals surface area contributed by atoms with Gasteiger partial charge in [-0.2, -0.15) is 0 Å². The summed E-state index contributed by atoms with van der Waals surface area (Å²) in [7, 11) is 0. The lowest BCUT2D eigenvalue weighted by molar-refractivity contribution is -0.153. The molecule has 0 saturated heterocycles. The minimum absolute atomic E-state index is 0.0213. The molecule has 1 amide bonds. The number of fused-ring (bicyclic) bond motifs is 3. The lowest BCUT2D eigenvalue weighted by Crippen LogP contribution is -2.33. The van der Waals surface area contributed by atoms with Crippen LogP contribution in [-0.4, -0.2) is 27.5 Å². The number of esters is 1. The fourth-order valence-corrected chi connectivity index (χ4v) is 3.31. The van der Waals surface area contributed by atoms with Crippen molar-refractivity contribution in [1.29, 1.82) is 0 Å². The Morgan fingerprint density at radius 3 is 2.84 bits per heavy atom. The van der Waals surface area contributed by atoms with Crippen LogP contribution >= 0.6 is 15.9 Å². The molecule has 0 spiro atoms. The lowest BCUT2D eigenvalue weighted by Gasteiger charge is -2.14. The number of para-hydroxylation sites is 1. The third kappa shape index (κ3) is 4.19. The van der Waals surface area contributed by atoms with Crippen LogP contribution in [0.3, 0.4) is 0 Å². The Morgan fingerprint density at radius 2 is 2.06 bits per heavy atom. The van der Waals surface area contributed by atoms with Crippen molar-refractivity contribution < 1.29 is 23.1 Å². The van der Waals surface area contributed by atoms with Gasteiger partial charge in [0.1, 0.15) is 23.5 Å². The molecule has 0 aliphatic heterocycles. The summed E-state index contributed by atoms with van der Waals surface area (Å²) < 4.78 is 26.1. The van der Waals surface area contributed by atoms with Gasteiger partial charge in [0, 0.05) is 9.86 Å². The molecule has 31 heavy (non-hydrogen) atoms. The van der Waals surface area contributed by atoms with Crippen LogP contribution in [0.15, 0.2) is 62.5 Å². The largest absolute Gasteiger partial charge is 0.451 e. The van der Waals surface area contributed by atoms with E-state index in [-0.39, 0.29) is 11.3 Å². The Bertz CT molecular complexity index is 1380. The molecule has 0 fully saturated rings. The summed E-state index contributed by atoms with van der Waals surface area (Å²) in [6, 6.07) is 11.2. The predicted molar refractivity (Wildman–Crippen MR) is 114 cm³/mol. The van der Waals surface area contributed by atoms with Crippen LogP contribution in [0.2, 0.25) is 0 Å². The molecular weight excluding hydrogens is 473 g/mol. The van der Waals surface area contributed by atoms with Crippen LogP contribution in [0.1, 0.15) is 6.92 Å². The summed E-state index contributed by atoms with van der Waals surface area (Å²) >= 11 is 3.12. The highest BCUT2D eigenvalue weighted by Gasteiger charge is 2.21. The highest BCUT2D eigenvalue weighted by molar-refractivity contribution is 9.10. The van der Waals surface area contributed by atoms with Gasteiger partial charge in [-0.05, 0) is 37.3 Å². The number of hydrogen-bond acceptors (Lipinski definition) is 6. The molecule has 10 heteroatoms. The first kappa shape index (κ1) is 20.7. The molecular formula is C21H15BrFN3O5. The number of rotatable bonds is 5. The van der Waals surface area contributed by atoms with Crippen molar-refractivity contribution in [3.8, 4) is 0 Å². The fraction of sp³-hybridized carbons (Fsp3) is 0.143. The van der Waals surface area contributed by atoms with Crippen molar-refractivity contribution in [3.63, 3.8) is 0 Å². The molecule has 2 heterocycles. The number of furan rings is 1. The number of hydrogen-bond donors (Lipinski definition) is 1. The van der Waals surface area contributed by atoms with Gasteiger partial charge in [-0.3, -0.25) is 19.0 Å². The molecule has 1 unspecified atom stereocenters. The van der Waals surface area contributed by atoms with Gasteiger partial charge in [-0.25, -0.2) is 9.37 Å². The SMILES string of the molecule is CC(OC(=O)Cn1cnc2c(oc3ccccc32)c1=O)C(=O)Nc1ccc(Br)cc1F. The molecule has 1 N–H and O–H groups in total. The van der Waals surface area contributed by atoms with E-state index in [2.05, 4.69) is 26.2 Å². The zero-order valence-corrected chi connectivity index (χ0v) is 17.7. The average molecular weight is 488 g/mol. The van der Waals surface area contributed by atoms with E-state index in [4.69, 9.17) is 9.15 Å². The lowest BCUT2D eigenvalue weighted by atomic mass is 10.2. The van der Waals surface area contributed by atoms with Crippen LogP contribution in [0.5, 0.6) is 0 Å². The van der Waals surface area contributed by atoms with Crippen molar-refractivity contribution in [3.05, 3.63) is 69.4 Å². The molecule has 158 valence electrons. The predicted octanol–water partition coefficient (Wildman–Crippen LogP) is 3.61. The maximum atomic E-state index is 13.9. The van der Waals surface area contributed by atoms with Crippen LogP contribution in [0, 0.1) is 5.82 Å². The van der Waals surface area contributed by atoms with E-state index in [1.165, 1.54) is 25.4 Å². The van der Waals surface area contributed by atoms with Crippen molar-refractivity contribution in [2.45, 2.75) is 19.6 Å². The van der Waals surface area contributed by atoms with Gasteiger partial charge in [-0.15, -0.1) is 0 Å². The molecule has 8 nitrogen and oxygen atoms in total. The number of benzene rings is 2. The number of anilines is 1. The molecule has 0 aliphatic carbocycles. The highest BCUT2D eigenvalue weighted by atomic mass is 79.9. The third-order valence-electron chi connectivity index (χ3n) is 4.52. The molecule has 0 saturated carbocycles. The quantitative estimate of drug-likeness (QED) is 0.431. The van der Waals surface area contributed by atoms with Crippen molar-refractivity contribution in [2.24, 2.45) is 0 Å². The second-order valence-corrected chi connectivity index (χ2v) is 7.61. The van der Waals surface area contributed by atoms with Crippen molar-refractivity contribution in [1.82, 2.24) is 9.55 Å². The van der Waals surface area contributed by atoms with E-state index in [1.807, 2.05) is 0 Å². The Labute approximate surface area is 182 Å². The van der Waals surface area contributed by atoms with Crippen LogP contribution in [0.25, 0.3) is 22.1 Å². The van der Waals surface area contributed by atoms with E-state index in [0.29, 0.717) is 21.0 Å². The Kier molecular flexibility index (Phi) is 5.55. The normalized spacial score (nSPS) is 12.1. The Hall–Kier alpha value is -3.53. The summed E-state index contributed by atoms with van der Waals surface area (Å²) in [5, 5.41) is 3.04. The van der Waals surface area contributed by atoms with Crippen LogP contribution in [0.4, 0.5) is 10.1 Å². The monoisotopic (exact) mass is 487 g/mol. The summed E-state index contributed by atoms with van der Waals surface area (Å²) in [5.41, 5.74) is 0.328.